The maximum atomic E-state index is 12.3. The Morgan fingerprint density at radius 2 is 2.13 bits per heavy atom. The number of hydrogen-bond donors (Lipinski definition) is 2. The largest absolute Gasteiger partial charge is 0.482 e. The molecule has 1 aliphatic heterocycles. The van der Waals surface area contributed by atoms with E-state index < -0.39 is 15.9 Å². The Bertz CT molecular complexity index is 902. The molecule has 2 aromatic rings. The topological polar surface area (TPSA) is 102 Å². The average Bonchev–Trinajstić information content (AvgIpc) is 2.92. The summed E-state index contributed by atoms with van der Waals surface area (Å²) in [5.41, 5.74) is 1.13. The molecule has 23 heavy (non-hydrogen) atoms. The molecular weight excluding hydrogens is 340 g/mol. The van der Waals surface area contributed by atoms with Crippen LogP contribution in [0.4, 0.5) is 5.69 Å². The number of ether oxygens (including phenoxy) is 1. The van der Waals surface area contributed by atoms with E-state index >= 15 is 0 Å². The number of anilines is 1. The fraction of sp³-hybridized carbons (Fsp3) is 0.143. The summed E-state index contributed by atoms with van der Waals surface area (Å²) in [7, 11) is -4.05. The number of carbonyl (C=O) groups excluding carboxylic acids is 2. The lowest BCUT2D eigenvalue weighted by Crippen LogP contribution is -2.30. The van der Waals surface area contributed by atoms with Gasteiger partial charge in [0.2, 0.25) is 0 Å². The van der Waals surface area contributed by atoms with E-state index in [1.54, 1.807) is 11.4 Å². The molecule has 2 amide bonds. The first kappa shape index (κ1) is 15.5. The standard InChI is InChI=1S/C14H12N2O5S2/c1-8-4-12(22-7-8)14(18)16-23(19,20)9-2-3-11-10(5-9)15-13(17)6-21-11/h2-5,7H,6H2,1H3,(H,15,17)(H,16,18). The van der Waals surface area contributed by atoms with E-state index in [1.807, 2.05) is 11.6 Å². The lowest BCUT2D eigenvalue weighted by atomic mass is 10.2. The van der Waals surface area contributed by atoms with Crippen LogP contribution in [-0.4, -0.2) is 26.8 Å². The second kappa shape index (κ2) is 5.67. The van der Waals surface area contributed by atoms with E-state index in [0.29, 0.717) is 10.6 Å². The summed E-state index contributed by atoms with van der Waals surface area (Å²) in [4.78, 5) is 23.5. The lowest BCUT2D eigenvalue weighted by Gasteiger charge is -2.18. The van der Waals surface area contributed by atoms with Crippen LogP contribution >= 0.6 is 11.3 Å². The number of benzene rings is 1. The van der Waals surface area contributed by atoms with E-state index in [0.717, 1.165) is 16.9 Å². The molecule has 0 unspecified atom stereocenters. The highest BCUT2D eigenvalue weighted by Crippen LogP contribution is 2.30. The van der Waals surface area contributed by atoms with Gasteiger partial charge in [0.05, 0.1) is 15.5 Å². The molecule has 0 saturated heterocycles. The molecule has 9 heteroatoms. The van der Waals surface area contributed by atoms with Crippen molar-refractivity contribution in [2.45, 2.75) is 11.8 Å². The Morgan fingerprint density at radius 1 is 1.35 bits per heavy atom. The van der Waals surface area contributed by atoms with Crippen molar-refractivity contribution in [3.05, 3.63) is 40.1 Å². The van der Waals surface area contributed by atoms with Crippen LogP contribution in [0.2, 0.25) is 0 Å². The van der Waals surface area contributed by atoms with Gasteiger partial charge in [-0.2, -0.15) is 0 Å². The smallest absolute Gasteiger partial charge is 0.275 e. The summed E-state index contributed by atoms with van der Waals surface area (Å²) < 4.78 is 31.8. The van der Waals surface area contributed by atoms with Crippen LogP contribution in [0.15, 0.2) is 34.5 Å². The molecule has 3 rings (SSSR count). The second-order valence-electron chi connectivity index (χ2n) is 4.92. The number of nitrogens with one attached hydrogen (secondary N) is 2. The third-order valence-electron chi connectivity index (χ3n) is 3.08. The van der Waals surface area contributed by atoms with Crippen LogP contribution in [-0.2, 0) is 14.8 Å². The van der Waals surface area contributed by atoms with Crippen LogP contribution in [0.1, 0.15) is 15.2 Å². The number of rotatable bonds is 3. The fourth-order valence-corrected chi connectivity index (χ4v) is 3.86. The van der Waals surface area contributed by atoms with Gasteiger partial charge >= 0.3 is 0 Å². The van der Waals surface area contributed by atoms with Crippen molar-refractivity contribution >= 4 is 38.9 Å². The normalized spacial score (nSPS) is 13.7. The summed E-state index contributed by atoms with van der Waals surface area (Å²) in [6.07, 6.45) is 0. The zero-order chi connectivity index (χ0) is 16.6. The zero-order valence-electron chi connectivity index (χ0n) is 12.0. The van der Waals surface area contributed by atoms with Crippen molar-refractivity contribution in [2.24, 2.45) is 0 Å². The molecule has 0 atom stereocenters. The summed E-state index contributed by atoms with van der Waals surface area (Å²) in [6.45, 7) is 1.70. The molecule has 0 fully saturated rings. The second-order valence-corrected chi connectivity index (χ2v) is 7.51. The molecule has 0 saturated carbocycles. The first-order chi connectivity index (χ1) is 10.8. The molecule has 7 nitrogen and oxygen atoms in total. The first-order valence-corrected chi connectivity index (χ1v) is 8.90. The number of amides is 2. The summed E-state index contributed by atoms with van der Waals surface area (Å²) in [6, 6.07) is 5.60. The molecular formula is C14H12N2O5S2. The van der Waals surface area contributed by atoms with E-state index in [2.05, 4.69) is 5.32 Å². The van der Waals surface area contributed by atoms with Crippen molar-refractivity contribution in [3.8, 4) is 5.75 Å². The average molecular weight is 352 g/mol. The molecule has 1 aromatic heterocycles. The maximum Gasteiger partial charge on any atom is 0.275 e. The van der Waals surface area contributed by atoms with Crippen LogP contribution < -0.4 is 14.8 Å². The number of sulfonamides is 1. The highest BCUT2D eigenvalue weighted by molar-refractivity contribution is 7.90. The first-order valence-electron chi connectivity index (χ1n) is 6.54. The zero-order valence-corrected chi connectivity index (χ0v) is 13.6. The Labute approximate surface area is 136 Å². The van der Waals surface area contributed by atoms with Gasteiger partial charge in [-0.1, -0.05) is 0 Å². The molecule has 2 heterocycles. The predicted octanol–water partition coefficient (Wildman–Crippen LogP) is 1.51. The van der Waals surface area contributed by atoms with Crippen molar-refractivity contribution in [2.75, 3.05) is 11.9 Å². The Kier molecular flexibility index (Phi) is 3.82. The Morgan fingerprint density at radius 3 is 2.83 bits per heavy atom. The number of hydrogen-bond acceptors (Lipinski definition) is 6. The number of thiophene rings is 1. The molecule has 0 radical (unpaired) electrons. The van der Waals surface area contributed by atoms with Crippen LogP contribution in [0, 0.1) is 6.92 Å². The van der Waals surface area contributed by atoms with E-state index in [-0.39, 0.29) is 23.1 Å². The SMILES string of the molecule is Cc1csc(C(=O)NS(=O)(=O)c2ccc3c(c2)NC(=O)CO3)c1. The van der Waals surface area contributed by atoms with Crippen LogP contribution in [0.25, 0.3) is 0 Å². The van der Waals surface area contributed by atoms with E-state index in [1.165, 1.54) is 18.2 Å². The van der Waals surface area contributed by atoms with Gasteiger partial charge in [-0.15, -0.1) is 11.3 Å². The van der Waals surface area contributed by atoms with Crippen molar-refractivity contribution in [1.82, 2.24) is 4.72 Å². The van der Waals surface area contributed by atoms with Crippen LogP contribution in [0.5, 0.6) is 5.75 Å². The molecule has 1 aliphatic rings. The van der Waals surface area contributed by atoms with Crippen molar-refractivity contribution in [3.63, 3.8) is 0 Å². The monoisotopic (exact) mass is 352 g/mol. The minimum absolute atomic E-state index is 0.117. The molecule has 0 aliphatic carbocycles. The highest BCUT2D eigenvalue weighted by atomic mass is 32.2. The Balaban J connectivity index is 1.86. The summed E-state index contributed by atoms with van der Waals surface area (Å²) in [5, 5.41) is 4.28. The van der Waals surface area contributed by atoms with Crippen LogP contribution in [0.3, 0.4) is 0 Å². The van der Waals surface area contributed by atoms with Gasteiger partial charge < -0.3 is 10.1 Å². The fourth-order valence-electron chi connectivity index (χ4n) is 2.01. The quantitative estimate of drug-likeness (QED) is 0.872. The molecule has 1 aromatic carbocycles. The summed E-state index contributed by atoms with van der Waals surface area (Å²) >= 11 is 1.16. The van der Waals surface area contributed by atoms with Gasteiger partial charge in [0.25, 0.3) is 21.8 Å². The van der Waals surface area contributed by atoms with E-state index in [9.17, 15) is 18.0 Å². The third kappa shape index (κ3) is 3.20. The van der Waals surface area contributed by atoms with Crippen molar-refractivity contribution in [1.29, 1.82) is 0 Å². The highest BCUT2D eigenvalue weighted by Gasteiger charge is 2.23. The molecule has 0 spiro atoms. The summed E-state index contributed by atoms with van der Waals surface area (Å²) in [5.74, 6) is -0.685. The van der Waals surface area contributed by atoms with Gasteiger partial charge in [0.1, 0.15) is 5.75 Å². The minimum atomic E-state index is -4.05. The number of aryl methyl sites for hydroxylation is 1. The molecule has 0 bridgehead atoms. The Hall–Kier alpha value is -2.39. The lowest BCUT2D eigenvalue weighted by molar-refractivity contribution is -0.118. The van der Waals surface area contributed by atoms with E-state index in [4.69, 9.17) is 4.74 Å². The van der Waals surface area contributed by atoms with Gasteiger partial charge in [-0.3, -0.25) is 9.59 Å². The maximum absolute atomic E-state index is 12.3. The molecule has 120 valence electrons. The molecule has 2 N–H and O–H groups in total. The predicted molar refractivity (Wildman–Crippen MR) is 84.3 cm³/mol. The van der Waals surface area contributed by atoms with Crippen molar-refractivity contribution < 1.29 is 22.7 Å². The minimum Gasteiger partial charge on any atom is -0.482 e. The number of carbonyl (C=O) groups is 2. The third-order valence-corrected chi connectivity index (χ3v) is 5.45. The van der Waals surface area contributed by atoms with Gasteiger partial charge in [-0.05, 0) is 42.1 Å². The van der Waals surface area contributed by atoms with Gasteiger partial charge in [0, 0.05) is 0 Å². The van der Waals surface area contributed by atoms with Gasteiger partial charge in [0.15, 0.2) is 6.61 Å². The van der Waals surface area contributed by atoms with Gasteiger partial charge in [-0.25, -0.2) is 13.1 Å². The number of fused-ring (bicyclic) bond motifs is 1.